The third kappa shape index (κ3) is 3.53. The summed E-state index contributed by atoms with van der Waals surface area (Å²) in [7, 11) is 1.67. The van der Waals surface area contributed by atoms with E-state index in [2.05, 4.69) is 0 Å². The molecule has 1 aromatic carbocycles. The van der Waals surface area contributed by atoms with Crippen LogP contribution in [0.2, 0.25) is 0 Å². The lowest BCUT2D eigenvalue weighted by Crippen LogP contribution is -1.98. The minimum Gasteiger partial charge on any atom is -0.497 e. The molecule has 15 heavy (non-hydrogen) atoms. The highest BCUT2D eigenvalue weighted by Crippen LogP contribution is 2.14. The van der Waals surface area contributed by atoms with Crippen LogP contribution >= 0.6 is 0 Å². The Labute approximate surface area is 90.0 Å². The minimum atomic E-state index is 0.459. The molecule has 1 atom stereocenters. The first-order valence-corrected chi connectivity index (χ1v) is 5.21. The second kappa shape index (κ2) is 5.14. The van der Waals surface area contributed by atoms with E-state index in [1.165, 1.54) is 5.56 Å². The van der Waals surface area contributed by atoms with Gasteiger partial charge < -0.3 is 14.2 Å². The molecule has 0 amide bonds. The molecule has 0 N–H and O–H groups in total. The minimum absolute atomic E-state index is 0.459. The summed E-state index contributed by atoms with van der Waals surface area (Å²) in [5, 5.41) is 0. The van der Waals surface area contributed by atoms with Gasteiger partial charge in [0.05, 0.1) is 26.4 Å². The van der Waals surface area contributed by atoms with Crippen molar-refractivity contribution in [2.45, 2.75) is 19.1 Å². The van der Waals surface area contributed by atoms with Gasteiger partial charge in [0.15, 0.2) is 0 Å². The number of benzene rings is 1. The summed E-state index contributed by atoms with van der Waals surface area (Å²) >= 11 is 0. The average molecular weight is 208 g/mol. The predicted octanol–water partition coefficient (Wildman–Crippen LogP) is 2.00. The Bertz CT molecular complexity index is 290. The van der Waals surface area contributed by atoms with Gasteiger partial charge in [-0.05, 0) is 24.1 Å². The molecule has 0 aromatic heterocycles. The van der Waals surface area contributed by atoms with Gasteiger partial charge in [-0.15, -0.1) is 0 Å². The Kier molecular flexibility index (Phi) is 3.59. The summed E-state index contributed by atoms with van der Waals surface area (Å²) in [5.41, 5.74) is 1.17. The number of methoxy groups -OCH3 is 1. The van der Waals surface area contributed by atoms with E-state index >= 15 is 0 Å². The number of rotatable bonds is 6. The van der Waals surface area contributed by atoms with E-state index in [0.29, 0.717) is 12.7 Å². The topological polar surface area (TPSA) is 31.0 Å². The van der Waals surface area contributed by atoms with Crippen LogP contribution in [-0.2, 0) is 16.1 Å². The van der Waals surface area contributed by atoms with Gasteiger partial charge >= 0.3 is 0 Å². The maximum atomic E-state index is 5.52. The van der Waals surface area contributed by atoms with Gasteiger partial charge in [0, 0.05) is 6.61 Å². The molecule has 1 aromatic rings. The lowest BCUT2D eigenvalue weighted by atomic mass is 10.2. The second-order valence-corrected chi connectivity index (χ2v) is 3.64. The van der Waals surface area contributed by atoms with E-state index < -0.39 is 0 Å². The van der Waals surface area contributed by atoms with Gasteiger partial charge in [-0.3, -0.25) is 0 Å². The fourth-order valence-electron chi connectivity index (χ4n) is 1.36. The van der Waals surface area contributed by atoms with Gasteiger partial charge in [0.2, 0.25) is 0 Å². The van der Waals surface area contributed by atoms with Crippen molar-refractivity contribution in [3.63, 3.8) is 0 Å². The smallest absolute Gasteiger partial charge is 0.118 e. The molecule has 0 bridgehead atoms. The Morgan fingerprint density at radius 2 is 2.07 bits per heavy atom. The molecule has 1 saturated heterocycles. The van der Waals surface area contributed by atoms with Crippen LogP contribution in [0.3, 0.4) is 0 Å². The summed E-state index contributed by atoms with van der Waals surface area (Å²) in [6.45, 7) is 2.35. The van der Waals surface area contributed by atoms with E-state index in [1.807, 2.05) is 24.3 Å². The summed E-state index contributed by atoms with van der Waals surface area (Å²) in [6.07, 6.45) is 1.47. The largest absolute Gasteiger partial charge is 0.497 e. The van der Waals surface area contributed by atoms with Crippen LogP contribution in [0.15, 0.2) is 24.3 Å². The molecule has 0 spiro atoms. The predicted molar refractivity (Wildman–Crippen MR) is 57.0 cm³/mol. The van der Waals surface area contributed by atoms with Crippen LogP contribution in [0, 0.1) is 0 Å². The van der Waals surface area contributed by atoms with E-state index in [-0.39, 0.29) is 0 Å². The molecule has 1 aliphatic rings. The van der Waals surface area contributed by atoms with Crippen LogP contribution in [0.4, 0.5) is 0 Å². The SMILES string of the molecule is COc1ccc(COCC[C@H]2CO2)cc1. The quantitative estimate of drug-likeness (QED) is 0.529. The monoisotopic (exact) mass is 208 g/mol. The molecule has 1 aliphatic heterocycles. The van der Waals surface area contributed by atoms with Crippen molar-refractivity contribution in [2.24, 2.45) is 0 Å². The fraction of sp³-hybridized carbons (Fsp3) is 0.500. The van der Waals surface area contributed by atoms with E-state index in [9.17, 15) is 0 Å². The molecule has 3 nitrogen and oxygen atoms in total. The maximum Gasteiger partial charge on any atom is 0.118 e. The van der Waals surface area contributed by atoms with Crippen molar-refractivity contribution < 1.29 is 14.2 Å². The van der Waals surface area contributed by atoms with Crippen molar-refractivity contribution in [1.82, 2.24) is 0 Å². The van der Waals surface area contributed by atoms with Crippen molar-refractivity contribution >= 4 is 0 Å². The third-order valence-corrected chi connectivity index (χ3v) is 2.41. The zero-order valence-electron chi connectivity index (χ0n) is 8.94. The molecular formula is C12H16O3. The van der Waals surface area contributed by atoms with Crippen molar-refractivity contribution in [1.29, 1.82) is 0 Å². The molecule has 2 rings (SSSR count). The molecule has 82 valence electrons. The van der Waals surface area contributed by atoms with Crippen LogP contribution in [0.1, 0.15) is 12.0 Å². The lowest BCUT2D eigenvalue weighted by molar-refractivity contribution is 0.113. The van der Waals surface area contributed by atoms with Crippen molar-refractivity contribution in [3.8, 4) is 5.75 Å². The number of epoxide rings is 1. The second-order valence-electron chi connectivity index (χ2n) is 3.64. The molecule has 0 unspecified atom stereocenters. The highest BCUT2D eigenvalue weighted by atomic mass is 16.6. The number of ether oxygens (including phenoxy) is 3. The van der Waals surface area contributed by atoms with Gasteiger partial charge in [-0.2, -0.15) is 0 Å². The first kappa shape index (κ1) is 10.5. The average Bonchev–Trinajstić information content (AvgIpc) is 3.09. The summed E-state index contributed by atoms with van der Waals surface area (Å²) < 4.78 is 15.7. The third-order valence-electron chi connectivity index (χ3n) is 2.41. The van der Waals surface area contributed by atoms with Crippen molar-refractivity contribution in [2.75, 3.05) is 20.3 Å². The first-order valence-electron chi connectivity index (χ1n) is 5.21. The van der Waals surface area contributed by atoms with E-state index in [0.717, 1.165) is 25.4 Å². The first-order chi connectivity index (χ1) is 7.38. The van der Waals surface area contributed by atoms with Crippen LogP contribution in [-0.4, -0.2) is 26.4 Å². The molecule has 1 heterocycles. The molecule has 3 heteroatoms. The molecular weight excluding hydrogens is 192 g/mol. The summed E-state index contributed by atoms with van der Waals surface area (Å²) in [4.78, 5) is 0. The van der Waals surface area contributed by atoms with E-state index in [4.69, 9.17) is 14.2 Å². The van der Waals surface area contributed by atoms with Crippen LogP contribution < -0.4 is 4.74 Å². The summed E-state index contributed by atoms with van der Waals surface area (Å²) in [6, 6.07) is 7.93. The van der Waals surface area contributed by atoms with Crippen molar-refractivity contribution in [3.05, 3.63) is 29.8 Å². The zero-order valence-corrected chi connectivity index (χ0v) is 8.94. The van der Waals surface area contributed by atoms with Gasteiger partial charge in [0.25, 0.3) is 0 Å². The summed E-state index contributed by atoms with van der Waals surface area (Å²) in [5.74, 6) is 0.880. The van der Waals surface area contributed by atoms with Crippen LogP contribution in [0.5, 0.6) is 5.75 Å². The van der Waals surface area contributed by atoms with Gasteiger partial charge in [0.1, 0.15) is 5.75 Å². The fourth-order valence-corrected chi connectivity index (χ4v) is 1.36. The highest BCUT2D eigenvalue weighted by Gasteiger charge is 2.21. The molecule has 0 saturated carbocycles. The van der Waals surface area contributed by atoms with Gasteiger partial charge in [-0.25, -0.2) is 0 Å². The maximum absolute atomic E-state index is 5.52. The highest BCUT2D eigenvalue weighted by molar-refractivity contribution is 5.26. The molecule has 0 radical (unpaired) electrons. The zero-order chi connectivity index (χ0) is 10.5. The number of hydrogen-bond acceptors (Lipinski definition) is 3. The lowest BCUT2D eigenvalue weighted by Gasteiger charge is -2.04. The standard InChI is InChI=1S/C12H16O3/c1-13-11-4-2-10(3-5-11)8-14-7-6-12-9-15-12/h2-5,12H,6-9H2,1H3/t12-/m0/s1. The number of hydrogen-bond donors (Lipinski definition) is 0. The van der Waals surface area contributed by atoms with E-state index in [1.54, 1.807) is 7.11 Å². The Morgan fingerprint density at radius 1 is 1.33 bits per heavy atom. The van der Waals surface area contributed by atoms with Crippen LogP contribution in [0.25, 0.3) is 0 Å². The Morgan fingerprint density at radius 3 is 2.67 bits per heavy atom. The normalized spacial score (nSPS) is 18.9. The Balaban J connectivity index is 1.67. The molecule has 0 aliphatic carbocycles. The molecule has 1 fully saturated rings. The Hall–Kier alpha value is -1.06. The van der Waals surface area contributed by atoms with Gasteiger partial charge in [-0.1, -0.05) is 12.1 Å².